The number of amides is 2. The first-order valence-electron chi connectivity index (χ1n) is 4.75. The average Bonchev–Trinajstić information content (AvgIpc) is 2.66. The fourth-order valence-electron chi connectivity index (χ4n) is 1.54. The molecule has 2 unspecified atom stereocenters. The Hall–Kier alpha value is -1.39. The molecule has 1 saturated carbocycles. The molecule has 1 saturated heterocycles. The number of rotatable bonds is 2. The Morgan fingerprint density at radius 3 is 2.43 bits per heavy atom. The molecule has 0 aromatic rings. The van der Waals surface area contributed by atoms with Crippen LogP contribution in [-0.4, -0.2) is 23.8 Å². The van der Waals surface area contributed by atoms with Crippen molar-refractivity contribution in [2.75, 3.05) is 0 Å². The minimum atomic E-state index is -0.623. The van der Waals surface area contributed by atoms with E-state index < -0.39 is 11.8 Å². The smallest absolute Gasteiger partial charge is 0.288 e. The molecule has 0 spiro atoms. The predicted octanol–water partition coefficient (Wildman–Crippen LogP) is -0.223. The predicted molar refractivity (Wildman–Crippen MR) is 50.5 cm³/mol. The maximum Gasteiger partial charge on any atom is 0.316 e. The first-order chi connectivity index (χ1) is 6.55. The fraction of sp³-hybridized carbons (Fsp3) is 0.667. The maximum absolute atomic E-state index is 10.8. The summed E-state index contributed by atoms with van der Waals surface area (Å²) in [5, 5.41) is 4.77. The fourth-order valence-corrected chi connectivity index (χ4v) is 1.54. The third-order valence-corrected chi connectivity index (χ3v) is 3.07. The van der Waals surface area contributed by atoms with Gasteiger partial charge in [0, 0.05) is 0 Å². The van der Waals surface area contributed by atoms with Gasteiger partial charge in [0.05, 0.1) is 6.04 Å². The van der Waals surface area contributed by atoms with Gasteiger partial charge in [-0.05, 0) is 18.3 Å². The minimum Gasteiger partial charge on any atom is -0.288 e. The zero-order valence-corrected chi connectivity index (χ0v) is 8.26. The number of hydrogen-bond donors (Lipinski definition) is 2. The van der Waals surface area contributed by atoms with Crippen LogP contribution in [0.4, 0.5) is 0 Å². The molecule has 5 heteroatoms. The standard InChI is InChI=1S/C9H13N3O2/c1-3-9(2)4-5(9)10-8-11-6(13)7(14)12-8/h5H,3-4H2,1-2H3,(H2,10,11,12,13,14). The molecule has 2 N–H and O–H groups in total. The second-order valence-corrected chi connectivity index (χ2v) is 4.11. The van der Waals surface area contributed by atoms with E-state index in [4.69, 9.17) is 0 Å². The number of nitrogens with zero attached hydrogens (tertiary/aromatic N) is 1. The lowest BCUT2D eigenvalue weighted by Gasteiger charge is -2.03. The highest BCUT2D eigenvalue weighted by Gasteiger charge is 2.49. The Kier molecular flexibility index (Phi) is 1.83. The number of carbonyl (C=O) groups excluding carboxylic acids is 2. The molecule has 76 valence electrons. The number of guanidine groups is 1. The van der Waals surface area contributed by atoms with Gasteiger partial charge in [-0.1, -0.05) is 13.8 Å². The largest absolute Gasteiger partial charge is 0.316 e. The zero-order valence-electron chi connectivity index (χ0n) is 8.26. The average molecular weight is 195 g/mol. The molecule has 2 rings (SSSR count). The lowest BCUT2D eigenvalue weighted by Crippen LogP contribution is -2.26. The van der Waals surface area contributed by atoms with Crippen LogP contribution in [-0.2, 0) is 9.59 Å². The lowest BCUT2D eigenvalue weighted by molar-refractivity contribution is -0.135. The van der Waals surface area contributed by atoms with Crippen LogP contribution >= 0.6 is 0 Å². The Bertz CT molecular complexity index is 319. The van der Waals surface area contributed by atoms with Crippen LogP contribution in [0.15, 0.2) is 4.99 Å². The highest BCUT2D eigenvalue weighted by Crippen LogP contribution is 2.50. The SMILES string of the molecule is CCC1(C)CC1N=C1NC(=O)C(=O)N1. The van der Waals surface area contributed by atoms with Crippen LogP contribution < -0.4 is 10.6 Å². The molecule has 1 heterocycles. The van der Waals surface area contributed by atoms with Gasteiger partial charge in [0.2, 0.25) is 5.96 Å². The summed E-state index contributed by atoms with van der Waals surface area (Å²) < 4.78 is 0. The summed E-state index contributed by atoms with van der Waals surface area (Å²) >= 11 is 0. The molecule has 0 aromatic carbocycles. The van der Waals surface area contributed by atoms with Crippen molar-refractivity contribution >= 4 is 17.8 Å². The molecule has 14 heavy (non-hydrogen) atoms. The summed E-state index contributed by atoms with van der Waals surface area (Å²) in [6.45, 7) is 4.27. The molecule has 2 aliphatic rings. The van der Waals surface area contributed by atoms with Gasteiger partial charge in [0.1, 0.15) is 0 Å². The van der Waals surface area contributed by atoms with Crippen LogP contribution in [0.1, 0.15) is 26.7 Å². The molecule has 0 aromatic heterocycles. The summed E-state index contributed by atoms with van der Waals surface area (Å²) in [6.07, 6.45) is 2.09. The molecule has 2 amide bonds. The van der Waals surface area contributed by atoms with E-state index in [0.29, 0.717) is 5.96 Å². The van der Waals surface area contributed by atoms with Crippen LogP contribution in [0.3, 0.4) is 0 Å². The van der Waals surface area contributed by atoms with Gasteiger partial charge in [-0.15, -0.1) is 0 Å². The topological polar surface area (TPSA) is 70.6 Å². The summed E-state index contributed by atoms with van der Waals surface area (Å²) in [4.78, 5) is 25.9. The first kappa shape index (κ1) is 9.18. The van der Waals surface area contributed by atoms with Crippen molar-refractivity contribution in [3.63, 3.8) is 0 Å². The summed E-state index contributed by atoms with van der Waals surface area (Å²) in [7, 11) is 0. The second-order valence-electron chi connectivity index (χ2n) is 4.11. The molecule has 2 atom stereocenters. The van der Waals surface area contributed by atoms with Crippen molar-refractivity contribution in [2.45, 2.75) is 32.7 Å². The summed E-state index contributed by atoms with van der Waals surface area (Å²) in [5.41, 5.74) is 0.255. The van der Waals surface area contributed by atoms with E-state index in [9.17, 15) is 9.59 Å². The first-order valence-corrected chi connectivity index (χ1v) is 4.75. The molecule has 1 aliphatic heterocycles. The van der Waals surface area contributed by atoms with Crippen molar-refractivity contribution in [3.8, 4) is 0 Å². The van der Waals surface area contributed by atoms with Crippen molar-refractivity contribution in [1.82, 2.24) is 10.6 Å². The molecule has 5 nitrogen and oxygen atoms in total. The molecule has 2 fully saturated rings. The van der Waals surface area contributed by atoms with E-state index >= 15 is 0 Å². The van der Waals surface area contributed by atoms with E-state index in [1.165, 1.54) is 0 Å². The minimum absolute atomic E-state index is 0.237. The van der Waals surface area contributed by atoms with Crippen LogP contribution in [0.2, 0.25) is 0 Å². The van der Waals surface area contributed by atoms with E-state index in [2.05, 4.69) is 29.5 Å². The van der Waals surface area contributed by atoms with Crippen LogP contribution in [0, 0.1) is 5.41 Å². The molecular weight excluding hydrogens is 182 g/mol. The van der Waals surface area contributed by atoms with E-state index in [-0.39, 0.29) is 11.5 Å². The normalized spacial score (nSPS) is 35.3. The second kappa shape index (κ2) is 2.80. The van der Waals surface area contributed by atoms with Gasteiger partial charge in [-0.3, -0.25) is 20.2 Å². The van der Waals surface area contributed by atoms with E-state index in [1.54, 1.807) is 0 Å². The summed E-state index contributed by atoms with van der Waals surface area (Å²) in [5.74, 6) is -0.938. The van der Waals surface area contributed by atoms with E-state index in [1.807, 2.05) is 0 Å². The summed E-state index contributed by atoms with van der Waals surface area (Å²) in [6, 6.07) is 0.237. The van der Waals surface area contributed by atoms with Crippen molar-refractivity contribution < 1.29 is 9.59 Å². The van der Waals surface area contributed by atoms with Gasteiger partial charge < -0.3 is 0 Å². The highest BCUT2D eigenvalue weighted by atomic mass is 16.2. The quantitative estimate of drug-likeness (QED) is 0.598. The molecule has 1 aliphatic carbocycles. The Morgan fingerprint density at radius 2 is 2.00 bits per heavy atom. The highest BCUT2D eigenvalue weighted by molar-refractivity contribution is 6.45. The van der Waals surface area contributed by atoms with Crippen molar-refractivity contribution in [3.05, 3.63) is 0 Å². The number of nitrogens with one attached hydrogen (secondary N) is 2. The van der Waals surface area contributed by atoms with Gasteiger partial charge in [0.15, 0.2) is 0 Å². The Balaban J connectivity index is 2.02. The van der Waals surface area contributed by atoms with E-state index in [0.717, 1.165) is 12.8 Å². The Labute approximate surface area is 82.0 Å². The Morgan fingerprint density at radius 1 is 1.43 bits per heavy atom. The van der Waals surface area contributed by atoms with Gasteiger partial charge in [0.25, 0.3) is 0 Å². The maximum atomic E-state index is 10.8. The molecule has 0 bridgehead atoms. The monoisotopic (exact) mass is 195 g/mol. The third kappa shape index (κ3) is 1.38. The van der Waals surface area contributed by atoms with Crippen molar-refractivity contribution in [1.29, 1.82) is 0 Å². The van der Waals surface area contributed by atoms with Gasteiger partial charge in [-0.2, -0.15) is 0 Å². The van der Waals surface area contributed by atoms with Gasteiger partial charge >= 0.3 is 11.8 Å². The lowest BCUT2D eigenvalue weighted by atomic mass is 10.1. The van der Waals surface area contributed by atoms with Crippen LogP contribution in [0.25, 0.3) is 0 Å². The molecule has 0 radical (unpaired) electrons. The number of carbonyl (C=O) groups is 2. The number of aliphatic imine (C=N–C) groups is 1. The third-order valence-electron chi connectivity index (χ3n) is 3.07. The number of hydrogen-bond acceptors (Lipinski definition) is 3. The van der Waals surface area contributed by atoms with Gasteiger partial charge in [-0.25, -0.2) is 4.99 Å². The van der Waals surface area contributed by atoms with Crippen LogP contribution in [0.5, 0.6) is 0 Å². The zero-order chi connectivity index (χ0) is 10.3. The molecular formula is C9H13N3O2. The van der Waals surface area contributed by atoms with Crippen molar-refractivity contribution in [2.24, 2.45) is 10.4 Å².